The fraction of sp³-hybridized carbons (Fsp3) is 0.462. The Morgan fingerprint density at radius 1 is 1.25 bits per heavy atom. The molecule has 0 saturated carbocycles. The first-order valence-corrected chi connectivity index (χ1v) is 5.81. The number of nitrogens with one attached hydrogen (secondary N) is 1. The fourth-order valence-corrected chi connectivity index (χ4v) is 1.22. The monoisotopic (exact) mass is 291 g/mol. The van der Waals surface area contributed by atoms with E-state index in [4.69, 9.17) is 4.74 Å². The van der Waals surface area contributed by atoms with Gasteiger partial charge in [0.05, 0.1) is 5.69 Å². The van der Waals surface area contributed by atoms with Crippen LogP contribution >= 0.6 is 0 Å². The summed E-state index contributed by atoms with van der Waals surface area (Å²) in [5.41, 5.74) is -0.941. The number of alkyl halides is 3. The summed E-state index contributed by atoms with van der Waals surface area (Å²) in [6.45, 7) is 1.66. The third-order valence-corrected chi connectivity index (χ3v) is 2.58. The average molecular weight is 291 g/mol. The molecule has 0 aliphatic carbocycles. The Kier molecular flexibility index (Phi) is 4.99. The molecule has 112 valence electrons. The van der Waals surface area contributed by atoms with Crippen molar-refractivity contribution in [3.8, 4) is 5.75 Å². The van der Waals surface area contributed by atoms with Crippen molar-refractivity contribution in [1.82, 2.24) is 0 Å². The number of hydrogen-bond donors (Lipinski definition) is 1. The topological polar surface area (TPSA) is 47.6 Å². The summed E-state index contributed by atoms with van der Waals surface area (Å²) < 4.78 is 46.1. The van der Waals surface area contributed by atoms with Crippen LogP contribution in [0.25, 0.3) is 0 Å². The van der Waals surface area contributed by atoms with Crippen LogP contribution in [0, 0.1) is 0 Å². The highest BCUT2D eigenvalue weighted by atomic mass is 19.4. The number of carbonyl (C=O) groups excluding carboxylic acids is 1. The predicted molar refractivity (Wildman–Crippen MR) is 67.7 cm³/mol. The Hall–Kier alpha value is -1.76. The number of anilines is 1. The lowest BCUT2D eigenvalue weighted by Gasteiger charge is -2.22. The number of amides is 1. The van der Waals surface area contributed by atoms with E-state index in [9.17, 15) is 18.0 Å². The van der Waals surface area contributed by atoms with Crippen molar-refractivity contribution in [2.75, 3.05) is 19.0 Å². The van der Waals surface area contributed by atoms with Crippen LogP contribution in [0.15, 0.2) is 24.3 Å². The van der Waals surface area contributed by atoms with Crippen LogP contribution in [0.2, 0.25) is 0 Å². The smallest absolute Gasteiger partial charge is 0.422 e. The third kappa shape index (κ3) is 4.73. The van der Waals surface area contributed by atoms with E-state index in [1.807, 2.05) is 0 Å². The summed E-state index contributed by atoms with van der Waals surface area (Å²) in [6, 6.07) is 5.90. The van der Waals surface area contributed by atoms with E-state index in [0.717, 1.165) is 0 Å². The van der Waals surface area contributed by atoms with Crippen LogP contribution in [0.3, 0.4) is 0 Å². The van der Waals surface area contributed by atoms with Crippen molar-refractivity contribution in [2.45, 2.75) is 25.6 Å². The fourth-order valence-electron chi connectivity index (χ4n) is 1.22. The third-order valence-electron chi connectivity index (χ3n) is 2.58. The highest BCUT2D eigenvalue weighted by Crippen LogP contribution is 2.27. The van der Waals surface area contributed by atoms with Crippen molar-refractivity contribution >= 4 is 11.6 Å². The van der Waals surface area contributed by atoms with Gasteiger partial charge < -0.3 is 14.8 Å². The van der Waals surface area contributed by atoms with Crippen LogP contribution in [0.5, 0.6) is 5.75 Å². The highest BCUT2D eigenvalue weighted by Gasteiger charge is 2.30. The van der Waals surface area contributed by atoms with Crippen molar-refractivity contribution < 1.29 is 27.4 Å². The lowest BCUT2D eigenvalue weighted by molar-refractivity contribution is -0.153. The van der Waals surface area contributed by atoms with Crippen LogP contribution < -0.4 is 10.1 Å². The van der Waals surface area contributed by atoms with Gasteiger partial charge in [-0.15, -0.1) is 0 Å². The zero-order valence-electron chi connectivity index (χ0n) is 11.4. The van der Waals surface area contributed by atoms with Gasteiger partial charge in [0.1, 0.15) is 11.4 Å². The maximum absolute atomic E-state index is 12.1. The van der Waals surface area contributed by atoms with Crippen LogP contribution in [0.4, 0.5) is 18.9 Å². The first-order valence-electron chi connectivity index (χ1n) is 5.81. The lowest BCUT2D eigenvalue weighted by atomic mass is 10.1. The summed E-state index contributed by atoms with van der Waals surface area (Å²) in [5.74, 6) is -0.534. The lowest BCUT2D eigenvalue weighted by Crippen LogP contribution is -2.38. The van der Waals surface area contributed by atoms with E-state index in [-0.39, 0.29) is 11.4 Å². The molecule has 1 rings (SSSR count). The Morgan fingerprint density at radius 3 is 2.40 bits per heavy atom. The van der Waals surface area contributed by atoms with Crippen LogP contribution in [0.1, 0.15) is 13.8 Å². The van der Waals surface area contributed by atoms with Gasteiger partial charge in [-0.3, -0.25) is 4.79 Å². The number of halogens is 3. The number of carbonyl (C=O) groups is 1. The molecule has 1 aromatic carbocycles. The maximum Gasteiger partial charge on any atom is 0.422 e. The van der Waals surface area contributed by atoms with Gasteiger partial charge in [-0.1, -0.05) is 12.1 Å². The van der Waals surface area contributed by atoms with Crippen molar-refractivity contribution in [3.05, 3.63) is 24.3 Å². The SMILES string of the molecule is COC(C)(C)C(=O)Nc1ccccc1OCC(F)(F)F. The quantitative estimate of drug-likeness (QED) is 0.907. The molecule has 0 heterocycles. The maximum atomic E-state index is 12.1. The summed E-state index contributed by atoms with van der Waals surface area (Å²) in [5, 5.41) is 2.48. The van der Waals surface area contributed by atoms with Gasteiger partial charge in [0.15, 0.2) is 6.61 Å². The van der Waals surface area contributed by atoms with Gasteiger partial charge in [-0.2, -0.15) is 13.2 Å². The standard InChI is InChI=1S/C13H16F3NO3/c1-12(2,19-3)11(18)17-9-6-4-5-7-10(9)20-8-13(14,15)16/h4-7H,8H2,1-3H3,(H,17,18). The number of ether oxygens (including phenoxy) is 2. The highest BCUT2D eigenvalue weighted by molar-refractivity contribution is 5.97. The second-order valence-electron chi connectivity index (χ2n) is 4.57. The second-order valence-corrected chi connectivity index (χ2v) is 4.57. The average Bonchev–Trinajstić information content (AvgIpc) is 2.36. The molecule has 0 aliphatic rings. The minimum absolute atomic E-state index is 0.0509. The molecule has 0 radical (unpaired) electrons. The Bertz CT molecular complexity index is 472. The van der Waals surface area contributed by atoms with E-state index < -0.39 is 24.3 Å². The first-order chi connectivity index (χ1) is 9.15. The van der Waals surface area contributed by atoms with Gasteiger partial charge in [-0.25, -0.2) is 0 Å². The van der Waals surface area contributed by atoms with Gasteiger partial charge >= 0.3 is 6.18 Å². The van der Waals surface area contributed by atoms with E-state index in [2.05, 4.69) is 10.1 Å². The molecule has 0 unspecified atom stereocenters. The predicted octanol–water partition coefficient (Wildman–Crippen LogP) is 2.99. The Morgan fingerprint density at radius 2 is 1.85 bits per heavy atom. The van der Waals surface area contributed by atoms with Crippen molar-refractivity contribution in [3.63, 3.8) is 0 Å². The number of para-hydroxylation sites is 2. The summed E-state index contributed by atoms with van der Waals surface area (Å²) in [6.07, 6.45) is -4.44. The molecule has 0 atom stereocenters. The number of hydrogen-bond acceptors (Lipinski definition) is 3. The minimum atomic E-state index is -4.44. The number of benzene rings is 1. The molecule has 4 nitrogen and oxygen atoms in total. The molecule has 0 aliphatic heterocycles. The molecule has 1 aromatic rings. The molecule has 0 fully saturated rings. The number of rotatable bonds is 5. The zero-order valence-corrected chi connectivity index (χ0v) is 11.4. The number of methoxy groups -OCH3 is 1. The van der Waals surface area contributed by atoms with E-state index in [0.29, 0.717) is 0 Å². The molecule has 1 N–H and O–H groups in total. The molecule has 20 heavy (non-hydrogen) atoms. The molecule has 1 amide bonds. The Balaban J connectivity index is 2.83. The molecule has 0 bridgehead atoms. The van der Waals surface area contributed by atoms with Gasteiger partial charge in [0, 0.05) is 7.11 Å². The van der Waals surface area contributed by atoms with E-state index in [1.165, 1.54) is 25.3 Å². The van der Waals surface area contributed by atoms with Gasteiger partial charge in [0.25, 0.3) is 5.91 Å². The molecule has 7 heteroatoms. The molecular weight excluding hydrogens is 275 g/mol. The van der Waals surface area contributed by atoms with Crippen LogP contribution in [-0.4, -0.2) is 31.4 Å². The largest absolute Gasteiger partial charge is 0.482 e. The van der Waals surface area contributed by atoms with Gasteiger partial charge in [0.2, 0.25) is 0 Å². The van der Waals surface area contributed by atoms with Crippen molar-refractivity contribution in [2.24, 2.45) is 0 Å². The van der Waals surface area contributed by atoms with Gasteiger partial charge in [-0.05, 0) is 26.0 Å². The summed E-state index contributed by atoms with van der Waals surface area (Å²) in [4.78, 5) is 11.9. The molecular formula is C13H16F3NO3. The summed E-state index contributed by atoms with van der Waals surface area (Å²) >= 11 is 0. The minimum Gasteiger partial charge on any atom is -0.482 e. The molecule has 0 spiro atoms. The Labute approximate surface area is 114 Å². The second kappa shape index (κ2) is 6.13. The molecule has 0 aromatic heterocycles. The van der Waals surface area contributed by atoms with E-state index >= 15 is 0 Å². The molecule has 0 saturated heterocycles. The van der Waals surface area contributed by atoms with E-state index in [1.54, 1.807) is 19.9 Å². The zero-order chi connectivity index (χ0) is 15.4. The van der Waals surface area contributed by atoms with Crippen molar-refractivity contribution in [1.29, 1.82) is 0 Å². The summed E-state index contributed by atoms with van der Waals surface area (Å²) in [7, 11) is 1.37. The normalized spacial score (nSPS) is 12.1. The first kappa shape index (κ1) is 16.3. The van der Waals surface area contributed by atoms with Crippen LogP contribution in [-0.2, 0) is 9.53 Å².